The lowest BCUT2D eigenvalue weighted by atomic mass is 9.88. The Morgan fingerprint density at radius 1 is 0.955 bits per heavy atom. The van der Waals surface area contributed by atoms with Crippen molar-refractivity contribution in [3.63, 3.8) is 0 Å². The minimum atomic E-state index is -0.0140. The molecule has 22 heavy (non-hydrogen) atoms. The maximum Gasteiger partial charge on any atom is 0.243 e. The first-order valence-corrected chi connectivity index (χ1v) is 7.69. The lowest BCUT2D eigenvalue weighted by Crippen LogP contribution is -2.24. The van der Waals surface area contributed by atoms with Crippen LogP contribution in [0.1, 0.15) is 37.3 Å². The van der Waals surface area contributed by atoms with Crippen LogP contribution in [-0.4, -0.2) is 12.5 Å². The maximum absolute atomic E-state index is 11.7. The van der Waals surface area contributed by atoms with E-state index >= 15 is 0 Å². The van der Waals surface area contributed by atoms with E-state index in [0.29, 0.717) is 12.5 Å². The van der Waals surface area contributed by atoms with E-state index in [-0.39, 0.29) is 5.91 Å². The first-order valence-electron chi connectivity index (χ1n) is 7.69. The Kier molecular flexibility index (Phi) is 5.96. The van der Waals surface area contributed by atoms with Gasteiger partial charge >= 0.3 is 0 Å². The number of nitrogens with one attached hydrogen (secondary N) is 1. The second-order valence-electron chi connectivity index (χ2n) is 5.68. The summed E-state index contributed by atoms with van der Waals surface area (Å²) in [6, 6.07) is 20.9. The molecular formula is C20H23NO. The van der Waals surface area contributed by atoms with Gasteiger partial charge in [0.25, 0.3) is 0 Å². The summed E-state index contributed by atoms with van der Waals surface area (Å²) in [6.07, 6.45) is 2.52. The van der Waals surface area contributed by atoms with E-state index < -0.39 is 0 Å². The normalized spacial score (nSPS) is 10.3. The Morgan fingerprint density at radius 2 is 1.45 bits per heavy atom. The fraction of sp³-hybridized carbons (Fsp3) is 0.250. The van der Waals surface area contributed by atoms with Crippen molar-refractivity contribution in [2.45, 2.75) is 26.2 Å². The molecule has 0 unspecified atom stereocenters. The second kappa shape index (κ2) is 8.18. The topological polar surface area (TPSA) is 29.1 Å². The Morgan fingerprint density at radius 3 is 1.91 bits per heavy atom. The molecular weight excluding hydrogens is 270 g/mol. The standard InChI is InChI=1S/C20H23NO/c1-16(2)15-20(22)21-14-13-19(17-9-5-3-6-10-17)18-11-7-4-8-12-18/h3-12,15,19H,13-14H2,1-2H3,(H,21,22). The highest BCUT2D eigenvalue weighted by molar-refractivity contribution is 5.87. The molecule has 0 radical (unpaired) electrons. The van der Waals surface area contributed by atoms with Crippen molar-refractivity contribution in [2.75, 3.05) is 6.54 Å². The molecule has 0 saturated heterocycles. The first-order chi connectivity index (χ1) is 10.7. The van der Waals surface area contributed by atoms with Crippen LogP contribution >= 0.6 is 0 Å². The summed E-state index contributed by atoms with van der Waals surface area (Å²) >= 11 is 0. The second-order valence-corrected chi connectivity index (χ2v) is 5.68. The van der Waals surface area contributed by atoms with Gasteiger partial charge in [0.2, 0.25) is 5.91 Å². The van der Waals surface area contributed by atoms with Gasteiger partial charge in [-0.15, -0.1) is 0 Å². The molecule has 0 aliphatic carbocycles. The third-order valence-corrected chi connectivity index (χ3v) is 3.56. The highest BCUT2D eigenvalue weighted by Crippen LogP contribution is 2.27. The minimum absolute atomic E-state index is 0.0140. The van der Waals surface area contributed by atoms with E-state index in [1.54, 1.807) is 6.08 Å². The molecule has 0 saturated carbocycles. The zero-order chi connectivity index (χ0) is 15.8. The maximum atomic E-state index is 11.7. The van der Waals surface area contributed by atoms with Crippen molar-refractivity contribution in [3.8, 4) is 0 Å². The van der Waals surface area contributed by atoms with E-state index in [9.17, 15) is 4.79 Å². The minimum Gasteiger partial charge on any atom is -0.353 e. The van der Waals surface area contributed by atoms with Gasteiger partial charge in [0, 0.05) is 18.5 Å². The molecule has 1 N–H and O–H groups in total. The van der Waals surface area contributed by atoms with Crippen LogP contribution < -0.4 is 5.32 Å². The van der Waals surface area contributed by atoms with Crippen molar-refractivity contribution < 1.29 is 4.79 Å². The van der Waals surface area contributed by atoms with Gasteiger partial charge in [0.15, 0.2) is 0 Å². The number of benzene rings is 2. The number of carbonyl (C=O) groups excluding carboxylic acids is 1. The largest absolute Gasteiger partial charge is 0.353 e. The van der Waals surface area contributed by atoms with Crippen molar-refractivity contribution >= 4 is 5.91 Å². The number of hydrogen-bond donors (Lipinski definition) is 1. The van der Waals surface area contributed by atoms with Crippen LogP contribution in [0.3, 0.4) is 0 Å². The highest BCUT2D eigenvalue weighted by Gasteiger charge is 2.13. The predicted molar refractivity (Wildman–Crippen MR) is 91.8 cm³/mol. The fourth-order valence-corrected chi connectivity index (χ4v) is 2.55. The van der Waals surface area contributed by atoms with Crippen molar-refractivity contribution in [1.82, 2.24) is 5.32 Å². The smallest absolute Gasteiger partial charge is 0.243 e. The molecule has 2 rings (SSSR count). The average molecular weight is 293 g/mol. The number of carbonyl (C=O) groups is 1. The monoisotopic (exact) mass is 293 g/mol. The SMILES string of the molecule is CC(C)=CC(=O)NCCC(c1ccccc1)c1ccccc1. The van der Waals surface area contributed by atoms with E-state index in [0.717, 1.165) is 12.0 Å². The summed E-state index contributed by atoms with van der Waals surface area (Å²) in [5.74, 6) is 0.286. The lowest BCUT2D eigenvalue weighted by molar-refractivity contribution is -0.116. The van der Waals surface area contributed by atoms with Crippen LogP contribution in [-0.2, 0) is 4.79 Å². The van der Waals surface area contributed by atoms with E-state index in [2.05, 4.69) is 53.8 Å². The molecule has 0 aromatic heterocycles. The van der Waals surface area contributed by atoms with Crippen LogP contribution in [0.5, 0.6) is 0 Å². The lowest BCUT2D eigenvalue weighted by Gasteiger charge is -2.18. The molecule has 0 atom stereocenters. The molecule has 2 aromatic carbocycles. The fourth-order valence-electron chi connectivity index (χ4n) is 2.55. The van der Waals surface area contributed by atoms with Crippen LogP contribution in [0.2, 0.25) is 0 Å². The van der Waals surface area contributed by atoms with Crippen molar-refractivity contribution in [3.05, 3.63) is 83.4 Å². The van der Waals surface area contributed by atoms with Crippen molar-refractivity contribution in [2.24, 2.45) is 0 Å². The highest BCUT2D eigenvalue weighted by atomic mass is 16.1. The van der Waals surface area contributed by atoms with Gasteiger partial charge in [0.05, 0.1) is 0 Å². The summed E-state index contributed by atoms with van der Waals surface area (Å²) in [5, 5.41) is 2.97. The Bertz CT molecular complexity index is 573. The van der Waals surface area contributed by atoms with Crippen LogP contribution in [0.15, 0.2) is 72.3 Å². The van der Waals surface area contributed by atoms with Gasteiger partial charge in [0.1, 0.15) is 0 Å². The Hall–Kier alpha value is -2.35. The van der Waals surface area contributed by atoms with Gasteiger partial charge in [-0.05, 0) is 31.4 Å². The van der Waals surface area contributed by atoms with E-state index in [1.807, 2.05) is 26.0 Å². The number of hydrogen-bond acceptors (Lipinski definition) is 1. The molecule has 0 spiro atoms. The molecule has 0 aliphatic rings. The summed E-state index contributed by atoms with van der Waals surface area (Å²) in [5.41, 5.74) is 3.58. The zero-order valence-corrected chi connectivity index (χ0v) is 13.3. The molecule has 2 aromatic rings. The predicted octanol–water partition coefficient (Wildman–Crippen LogP) is 4.29. The molecule has 0 fully saturated rings. The molecule has 1 amide bonds. The third-order valence-electron chi connectivity index (χ3n) is 3.56. The Balaban J connectivity index is 2.07. The molecule has 2 heteroatoms. The molecule has 0 heterocycles. The van der Waals surface area contributed by atoms with Crippen molar-refractivity contribution in [1.29, 1.82) is 0 Å². The van der Waals surface area contributed by atoms with E-state index in [4.69, 9.17) is 0 Å². The quantitative estimate of drug-likeness (QED) is 0.791. The number of amides is 1. The van der Waals surface area contributed by atoms with Gasteiger partial charge in [-0.2, -0.15) is 0 Å². The van der Waals surface area contributed by atoms with Crippen LogP contribution in [0.25, 0.3) is 0 Å². The van der Waals surface area contributed by atoms with Crippen LogP contribution in [0.4, 0.5) is 0 Å². The summed E-state index contributed by atoms with van der Waals surface area (Å²) in [6.45, 7) is 4.52. The molecule has 114 valence electrons. The molecule has 0 bridgehead atoms. The molecule has 2 nitrogen and oxygen atoms in total. The number of allylic oxidation sites excluding steroid dienone is 1. The van der Waals surface area contributed by atoms with Crippen LogP contribution in [0, 0.1) is 0 Å². The summed E-state index contributed by atoms with van der Waals surface area (Å²) in [7, 11) is 0. The van der Waals surface area contributed by atoms with Gasteiger partial charge in [-0.3, -0.25) is 4.79 Å². The third kappa shape index (κ3) is 4.88. The summed E-state index contributed by atoms with van der Waals surface area (Å²) in [4.78, 5) is 11.7. The zero-order valence-electron chi connectivity index (χ0n) is 13.3. The number of rotatable bonds is 6. The van der Waals surface area contributed by atoms with E-state index in [1.165, 1.54) is 11.1 Å². The summed E-state index contributed by atoms with van der Waals surface area (Å²) < 4.78 is 0. The first kappa shape index (κ1) is 16.0. The average Bonchev–Trinajstić information content (AvgIpc) is 2.52. The molecule has 0 aliphatic heterocycles. The van der Waals surface area contributed by atoms with Gasteiger partial charge in [-0.25, -0.2) is 0 Å². The van der Waals surface area contributed by atoms with Gasteiger partial charge < -0.3 is 5.32 Å². The Labute approximate surface area is 132 Å². The van der Waals surface area contributed by atoms with Gasteiger partial charge in [-0.1, -0.05) is 66.2 Å².